The largest absolute Gasteiger partial charge is 0.465 e. The maximum Gasteiger partial charge on any atom is 0.339 e. The molecule has 2 aliphatic carbocycles. The summed E-state index contributed by atoms with van der Waals surface area (Å²) in [5.74, 6) is 0.927. The molecule has 7 rings (SSSR count). The Bertz CT molecular complexity index is 1620. The van der Waals surface area contributed by atoms with Crippen molar-refractivity contribution < 1.29 is 19.4 Å². The Hall–Kier alpha value is -3.65. The third-order valence-corrected chi connectivity index (χ3v) is 9.31. The summed E-state index contributed by atoms with van der Waals surface area (Å²) in [7, 11) is 1.39. The van der Waals surface area contributed by atoms with Crippen molar-refractivity contribution in [1.29, 1.82) is 0 Å². The van der Waals surface area contributed by atoms with Crippen LogP contribution in [0.25, 0.3) is 27.8 Å². The lowest BCUT2D eigenvalue weighted by Gasteiger charge is -2.42. The van der Waals surface area contributed by atoms with Gasteiger partial charge in [0, 0.05) is 48.6 Å². The molecule has 1 aromatic carbocycles. The topological polar surface area (TPSA) is 89.1 Å². The van der Waals surface area contributed by atoms with E-state index in [1.165, 1.54) is 36.4 Å². The highest BCUT2D eigenvalue weighted by Crippen LogP contribution is 2.41. The van der Waals surface area contributed by atoms with Crippen LogP contribution in [-0.4, -0.2) is 62.4 Å². The smallest absolute Gasteiger partial charge is 0.339 e. The summed E-state index contributed by atoms with van der Waals surface area (Å²) in [5, 5.41) is 16.0. The van der Waals surface area contributed by atoms with E-state index in [2.05, 4.69) is 35.8 Å². The standard InChI is InChI=1S/C32H36N4O4/c1-19-27-13-10-23(32(39)40-2)18-36(27)33-29(19)28-14-22-4-3-5-26(30(22)35(28)15-20-6-7-20)24-16-34(17-24)31(38)21-8-11-25(37)12-9-21/h3-5,10,13-14,18,20-21,24-25,37H,6-9,11-12,15-17H2,1-2H3. The maximum atomic E-state index is 13.1. The molecule has 3 aromatic heterocycles. The van der Waals surface area contributed by atoms with Gasteiger partial charge in [0.25, 0.3) is 0 Å². The van der Waals surface area contributed by atoms with Crippen molar-refractivity contribution in [3.8, 4) is 11.4 Å². The molecule has 4 aromatic rings. The fourth-order valence-electron chi connectivity index (χ4n) is 6.72. The van der Waals surface area contributed by atoms with E-state index >= 15 is 0 Å². The van der Waals surface area contributed by atoms with Crippen LogP contribution < -0.4 is 0 Å². The number of nitrogens with zero attached hydrogens (tertiary/aromatic N) is 4. The fraction of sp³-hybridized carbons (Fsp3) is 0.469. The molecule has 0 atom stereocenters. The SMILES string of the molecule is COC(=O)c1ccc2c(C)c(-c3cc4cccc(C5CN(C(=O)C6CCC(O)CC6)C5)c4n3CC3CC3)nn2c1. The molecule has 0 bridgehead atoms. The van der Waals surface area contributed by atoms with Crippen molar-refractivity contribution in [2.24, 2.45) is 11.8 Å². The normalized spacial score (nSPS) is 21.6. The second-order valence-corrected chi connectivity index (χ2v) is 12.0. The summed E-state index contributed by atoms with van der Waals surface area (Å²) in [6.07, 6.45) is 7.04. The predicted octanol–water partition coefficient (Wildman–Crippen LogP) is 4.94. The Morgan fingerprint density at radius 1 is 1.05 bits per heavy atom. The van der Waals surface area contributed by atoms with Crippen molar-refractivity contribution in [3.05, 3.63) is 59.3 Å². The summed E-state index contributed by atoms with van der Waals surface area (Å²) < 4.78 is 9.16. The van der Waals surface area contributed by atoms with Gasteiger partial charge in [-0.2, -0.15) is 5.10 Å². The summed E-state index contributed by atoms with van der Waals surface area (Å²) in [6.45, 7) is 4.56. The van der Waals surface area contributed by atoms with Gasteiger partial charge < -0.3 is 19.3 Å². The molecule has 1 amide bonds. The van der Waals surface area contributed by atoms with Gasteiger partial charge in [-0.3, -0.25) is 4.79 Å². The minimum atomic E-state index is -0.377. The van der Waals surface area contributed by atoms with Gasteiger partial charge in [0.15, 0.2) is 0 Å². The first-order valence-corrected chi connectivity index (χ1v) is 14.6. The van der Waals surface area contributed by atoms with Gasteiger partial charge in [0.1, 0.15) is 5.69 Å². The Kier molecular flexibility index (Phi) is 6.18. The zero-order valence-corrected chi connectivity index (χ0v) is 23.2. The average molecular weight is 541 g/mol. The lowest BCUT2D eigenvalue weighted by atomic mass is 9.83. The molecule has 0 radical (unpaired) electrons. The lowest BCUT2D eigenvalue weighted by Crippen LogP contribution is -2.51. The van der Waals surface area contributed by atoms with Crippen LogP contribution in [0.2, 0.25) is 0 Å². The number of carbonyl (C=O) groups excluding carboxylic acids is 2. The minimum Gasteiger partial charge on any atom is -0.465 e. The number of aryl methyl sites for hydroxylation is 1. The third kappa shape index (κ3) is 4.29. The summed E-state index contributed by atoms with van der Waals surface area (Å²) in [6, 6.07) is 12.5. The van der Waals surface area contributed by atoms with E-state index in [0.29, 0.717) is 17.4 Å². The minimum absolute atomic E-state index is 0.0585. The Labute approximate surface area is 233 Å². The van der Waals surface area contributed by atoms with Crippen LogP contribution >= 0.6 is 0 Å². The monoisotopic (exact) mass is 540 g/mol. The summed E-state index contributed by atoms with van der Waals surface area (Å²) in [4.78, 5) is 27.3. The molecule has 1 N–H and O–H groups in total. The first-order valence-electron chi connectivity index (χ1n) is 14.6. The van der Waals surface area contributed by atoms with Crippen LogP contribution in [0.3, 0.4) is 0 Å². The highest BCUT2D eigenvalue weighted by molar-refractivity contribution is 5.92. The van der Waals surface area contributed by atoms with Crippen LogP contribution in [0.1, 0.15) is 65.9 Å². The molecule has 3 aliphatic rings. The summed E-state index contributed by atoms with van der Waals surface area (Å²) in [5.41, 5.74) is 7.11. The Morgan fingerprint density at radius 2 is 1.82 bits per heavy atom. The maximum absolute atomic E-state index is 13.1. The summed E-state index contributed by atoms with van der Waals surface area (Å²) >= 11 is 0. The Balaban J connectivity index is 1.24. The molecule has 3 fully saturated rings. The van der Waals surface area contributed by atoms with Crippen LogP contribution in [0, 0.1) is 18.8 Å². The van der Waals surface area contributed by atoms with Crippen LogP contribution in [0.15, 0.2) is 42.6 Å². The van der Waals surface area contributed by atoms with Gasteiger partial charge in [0.05, 0.1) is 35.5 Å². The van der Waals surface area contributed by atoms with Crippen molar-refractivity contribution in [2.45, 2.75) is 64.0 Å². The second kappa shape index (κ2) is 9.77. The number of para-hydroxylation sites is 1. The van der Waals surface area contributed by atoms with E-state index in [4.69, 9.17) is 9.84 Å². The molecular formula is C32H36N4O4. The lowest BCUT2D eigenvalue weighted by molar-refractivity contribution is -0.141. The van der Waals surface area contributed by atoms with E-state index in [-0.39, 0.29) is 23.9 Å². The van der Waals surface area contributed by atoms with Crippen LogP contribution in [-0.2, 0) is 16.1 Å². The molecular weight excluding hydrogens is 504 g/mol. The zero-order valence-electron chi connectivity index (χ0n) is 23.2. The van der Waals surface area contributed by atoms with Gasteiger partial charge in [-0.15, -0.1) is 0 Å². The van der Waals surface area contributed by atoms with Gasteiger partial charge in [-0.05, 0) is 75.1 Å². The molecule has 1 saturated heterocycles. The van der Waals surface area contributed by atoms with E-state index in [1.807, 2.05) is 11.0 Å². The highest BCUT2D eigenvalue weighted by Gasteiger charge is 2.38. The number of fused-ring (bicyclic) bond motifs is 2. The van der Waals surface area contributed by atoms with E-state index in [1.54, 1.807) is 16.8 Å². The van der Waals surface area contributed by atoms with Crippen molar-refractivity contribution in [2.75, 3.05) is 20.2 Å². The molecule has 2 saturated carbocycles. The van der Waals surface area contributed by atoms with Gasteiger partial charge >= 0.3 is 5.97 Å². The molecule has 8 nitrogen and oxygen atoms in total. The van der Waals surface area contributed by atoms with Crippen LogP contribution in [0.5, 0.6) is 0 Å². The number of carbonyl (C=O) groups is 2. The molecule has 1 aliphatic heterocycles. The van der Waals surface area contributed by atoms with Crippen molar-refractivity contribution >= 4 is 28.3 Å². The van der Waals surface area contributed by atoms with Crippen molar-refractivity contribution in [1.82, 2.24) is 19.1 Å². The number of aliphatic hydroxyl groups excluding tert-OH is 1. The fourth-order valence-corrected chi connectivity index (χ4v) is 6.72. The first kappa shape index (κ1) is 25.3. The average Bonchev–Trinajstić information content (AvgIpc) is 3.60. The first-order chi connectivity index (χ1) is 19.4. The van der Waals surface area contributed by atoms with E-state index in [9.17, 15) is 14.7 Å². The molecule has 4 heterocycles. The number of pyridine rings is 1. The number of hydrogen-bond donors (Lipinski definition) is 1. The molecule has 208 valence electrons. The van der Waals surface area contributed by atoms with E-state index in [0.717, 1.165) is 67.8 Å². The quantitative estimate of drug-likeness (QED) is 0.350. The number of benzene rings is 1. The van der Waals surface area contributed by atoms with Gasteiger partial charge in [0.2, 0.25) is 5.91 Å². The molecule has 0 spiro atoms. The number of ether oxygens (including phenoxy) is 1. The molecule has 0 unspecified atom stereocenters. The zero-order chi connectivity index (χ0) is 27.5. The van der Waals surface area contributed by atoms with Gasteiger partial charge in [-0.25, -0.2) is 9.31 Å². The predicted molar refractivity (Wildman–Crippen MR) is 152 cm³/mol. The molecule has 40 heavy (non-hydrogen) atoms. The third-order valence-electron chi connectivity index (χ3n) is 9.31. The van der Waals surface area contributed by atoms with Crippen molar-refractivity contribution in [3.63, 3.8) is 0 Å². The highest BCUT2D eigenvalue weighted by atomic mass is 16.5. The van der Waals surface area contributed by atoms with Gasteiger partial charge in [-0.1, -0.05) is 18.2 Å². The number of esters is 1. The van der Waals surface area contributed by atoms with E-state index < -0.39 is 0 Å². The number of hydrogen-bond acceptors (Lipinski definition) is 5. The number of amides is 1. The number of aliphatic hydroxyl groups is 1. The molecule has 8 heteroatoms. The number of likely N-dealkylation sites (tertiary alicyclic amines) is 1. The second-order valence-electron chi connectivity index (χ2n) is 12.0. The number of methoxy groups -OCH3 is 1. The Morgan fingerprint density at radius 3 is 2.55 bits per heavy atom. The number of aromatic nitrogens is 3. The van der Waals surface area contributed by atoms with Crippen LogP contribution in [0.4, 0.5) is 0 Å². The number of rotatable bonds is 6.